The van der Waals surface area contributed by atoms with Crippen molar-refractivity contribution < 1.29 is 0 Å². The van der Waals surface area contributed by atoms with Crippen molar-refractivity contribution in [1.29, 1.82) is 0 Å². The molecule has 0 saturated heterocycles. The highest BCUT2D eigenvalue weighted by Crippen LogP contribution is 2.29. The molecule has 0 aliphatic carbocycles. The molecular formula is C15H11BrClN3. The minimum Gasteiger partial charge on any atom is -0.338 e. The number of rotatable bonds is 2. The topological polar surface area (TPSA) is 37.8 Å². The highest BCUT2D eigenvalue weighted by atomic mass is 79.9. The van der Waals surface area contributed by atoms with E-state index in [1.165, 1.54) is 0 Å². The lowest BCUT2D eigenvalue weighted by molar-refractivity contribution is 1.05. The van der Waals surface area contributed by atoms with Crippen LogP contribution in [0, 0.1) is 6.92 Å². The Morgan fingerprint density at radius 3 is 2.55 bits per heavy atom. The zero-order valence-electron chi connectivity index (χ0n) is 10.7. The third kappa shape index (κ3) is 2.62. The number of fused-ring (bicyclic) bond motifs is 1. The third-order valence-corrected chi connectivity index (χ3v) is 3.68. The van der Waals surface area contributed by atoms with Crippen LogP contribution in [0.1, 0.15) is 5.56 Å². The maximum absolute atomic E-state index is 6.07. The van der Waals surface area contributed by atoms with E-state index in [0.29, 0.717) is 11.0 Å². The fourth-order valence-electron chi connectivity index (χ4n) is 2.11. The Bertz CT molecular complexity index is 769. The van der Waals surface area contributed by atoms with Gasteiger partial charge < -0.3 is 5.32 Å². The van der Waals surface area contributed by atoms with Crippen LogP contribution in [0.5, 0.6) is 0 Å². The van der Waals surface area contributed by atoms with E-state index >= 15 is 0 Å². The summed E-state index contributed by atoms with van der Waals surface area (Å²) in [4.78, 5) is 0. The molecular weight excluding hydrogens is 338 g/mol. The SMILES string of the molecule is Cc1cc(Br)cc(Nc2nnc(Cl)c3ccccc23)c1. The second kappa shape index (κ2) is 5.38. The zero-order valence-corrected chi connectivity index (χ0v) is 13.0. The minimum absolute atomic E-state index is 0.413. The molecule has 3 aromatic rings. The van der Waals surface area contributed by atoms with Gasteiger partial charge >= 0.3 is 0 Å². The van der Waals surface area contributed by atoms with Gasteiger partial charge in [-0.2, -0.15) is 0 Å². The molecule has 0 spiro atoms. The number of aryl methyl sites for hydroxylation is 1. The molecule has 0 bridgehead atoms. The first-order chi connectivity index (χ1) is 9.63. The van der Waals surface area contributed by atoms with Crippen molar-refractivity contribution in [3.63, 3.8) is 0 Å². The monoisotopic (exact) mass is 347 g/mol. The molecule has 100 valence electrons. The normalized spacial score (nSPS) is 10.8. The second-order valence-electron chi connectivity index (χ2n) is 4.53. The van der Waals surface area contributed by atoms with Crippen molar-refractivity contribution in [2.45, 2.75) is 6.92 Å². The van der Waals surface area contributed by atoms with E-state index in [9.17, 15) is 0 Å². The number of anilines is 2. The van der Waals surface area contributed by atoms with Gasteiger partial charge in [0.1, 0.15) is 0 Å². The summed E-state index contributed by atoms with van der Waals surface area (Å²) in [6, 6.07) is 13.9. The number of halogens is 2. The van der Waals surface area contributed by atoms with Gasteiger partial charge in [-0.1, -0.05) is 51.8 Å². The molecule has 0 saturated carbocycles. The van der Waals surface area contributed by atoms with Crippen molar-refractivity contribution in [3.05, 3.63) is 57.7 Å². The molecule has 1 heterocycles. The standard InChI is InChI=1S/C15H11BrClN3/c1-9-6-10(16)8-11(7-9)18-15-13-5-3-2-4-12(13)14(17)19-20-15/h2-8H,1H3,(H,18,20). The molecule has 3 nitrogen and oxygen atoms in total. The fraction of sp³-hybridized carbons (Fsp3) is 0.0667. The lowest BCUT2D eigenvalue weighted by Gasteiger charge is -2.10. The largest absolute Gasteiger partial charge is 0.338 e. The Balaban J connectivity index is 2.09. The first-order valence-electron chi connectivity index (χ1n) is 6.08. The van der Waals surface area contributed by atoms with E-state index in [4.69, 9.17) is 11.6 Å². The van der Waals surface area contributed by atoms with Gasteiger partial charge in [0.25, 0.3) is 0 Å². The van der Waals surface area contributed by atoms with Crippen LogP contribution in [0.2, 0.25) is 5.15 Å². The van der Waals surface area contributed by atoms with Crippen molar-refractivity contribution in [2.24, 2.45) is 0 Å². The van der Waals surface area contributed by atoms with Gasteiger partial charge in [-0.3, -0.25) is 0 Å². The summed E-state index contributed by atoms with van der Waals surface area (Å²) >= 11 is 9.56. The summed E-state index contributed by atoms with van der Waals surface area (Å²) in [6.45, 7) is 2.04. The number of hydrogen-bond acceptors (Lipinski definition) is 3. The lowest BCUT2D eigenvalue weighted by atomic mass is 10.2. The van der Waals surface area contributed by atoms with Crippen molar-refractivity contribution in [1.82, 2.24) is 10.2 Å². The van der Waals surface area contributed by atoms with Gasteiger partial charge in [0.2, 0.25) is 0 Å². The molecule has 0 unspecified atom stereocenters. The first-order valence-corrected chi connectivity index (χ1v) is 7.26. The molecule has 1 N–H and O–H groups in total. The smallest absolute Gasteiger partial charge is 0.161 e. The Kier molecular flexibility index (Phi) is 3.59. The Hall–Kier alpha value is -1.65. The molecule has 1 aromatic heterocycles. The van der Waals surface area contributed by atoms with Gasteiger partial charge in [0.05, 0.1) is 0 Å². The van der Waals surface area contributed by atoms with E-state index in [0.717, 1.165) is 26.5 Å². The molecule has 0 fully saturated rings. The van der Waals surface area contributed by atoms with E-state index in [1.54, 1.807) is 0 Å². The van der Waals surface area contributed by atoms with Crippen LogP contribution in [0.3, 0.4) is 0 Å². The number of benzene rings is 2. The van der Waals surface area contributed by atoms with Crippen LogP contribution in [-0.2, 0) is 0 Å². The average Bonchev–Trinajstić information content (AvgIpc) is 2.41. The zero-order chi connectivity index (χ0) is 14.1. The highest BCUT2D eigenvalue weighted by Gasteiger charge is 2.08. The molecule has 0 amide bonds. The number of hydrogen-bond donors (Lipinski definition) is 1. The van der Waals surface area contributed by atoms with Crippen LogP contribution in [-0.4, -0.2) is 10.2 Å². The molecule has 0 radical (unpaired) electrons. The van der Waals surface area contributed by atoms with Crippen LogP contribution >= 0.6 is 27.5 Å². The van der Waals surface area contributed by atoms with Crippen LogP contribution in [0.4, 0.5) is 11.5 Å². The summed E-state index contributed by atoms with van der Waals surface area (Å²) in [7, 11) is 0. The Morgan fingerprint density at radius 2 is 1.80 bits per heavy atom. The van der Waals surface area contributed by atoms with Gasteiger partial charge in [-0.05, 0) is 30.7 Å². The molecule has 20 heavy (non-hydrogen) atoms. The molecule has 0 aliphatic rings. The summed E-state index contributed by atoms with van der Waals surface area (Å²) in [5.41, 5.74) is 2.12. The van der Waals surface area contributed by atoms with Crippen LogP contribution < -0.4 is 5.32 Å². The molecule has 2 aromatic carbocycles. The minimum atomic E-state index is 0.413. The van der Waals surface area contributed by atoms with Gasteiger partial charge in [-0.15, -0.1) is 10.2 Å². The van der Waals surface area contributed by atoms with E-state index in [1.807, 2.05) is 37.3 Å². The number of nitrogens with one attached hydrogen (secondary N) is 1. The third-order valence-electron chi connectivity index (χ3n) is 2.95. The van der Waals surface area contributed by atoms with Gasteiger partial charge in [0.15, 0.2) is 11.0 Å². The predicted octanol–water partition coefficient (Wildman–Crippen LogP) is 5.10. The Labute approximate surface area is 130 Å². The molecule has 5 heteroatoms. The highest BCUT2D eigenvalue weighted by molar-refractivity contribution is 9.10. The number of nitrogens with zero attached hydrogens (tertiary/aromatic N) is 2. The summed E-state index contributed by atoms with van der Waals surface area (Å²) in [5.74, 6) is 0.697. The Morgan fingerprint density at radius 1 is 1.05 bits per heavy atom. The maximum Gasteiger partial charge on any atom is 0.161 e. The predicted molar refractivity (Wildman–Crippen MR) is 86.7 cm³/mol. The van der Waals surface area contributed by atoms with Crippen molar-refractivity contribution in [3.8, 4) is 0 Å². The second-order valence-corrected chi connectivity index (χ2v) is 5.80. The van der Waals surface area contributed by atoms with Crippen molar-refractivity contribution in [2.75, 3.05) is 5.32 Å². The van der Waals surface area contributed by atoms with Gasteiger partial charge in [-0.25, -0.2) is 0 Å². The lowest BCUT2D eigenvalue weighted by Crippen LogP contribution is -1.98. The average molecular weight is 349 g/mol. The van der Waals surface area contributed by atoms with E-state index in [2.05, 4.69) is 43.6 Å². The van der Waals surface area contributed by atoms with Crippen LogP contribution in [0.25, 0.3) is 10.8 Å². The van der Waals surface area contributed by atoms with Crippen LogP contribution in [0.15, 0.2) is 46.9 Å². The fourth-order valence-corrected chi connectivity index (χ4v) is 2.92. The van der Waals surface area contributed by atoms with E-state index in [-0.39, 0.29) is 0 Å². The summed E-state index contributed by atoms with van der Waals surface area (Å²) in [5, 5.41) is 13.7. The molecule has 0 aliphatic heterocycles. The molecule has 3 rings (SSSR count). The molecule has 0 atom stereocenters. The first kappa shape index (κ1) is 13.3. The quantitative estimate of drug-likeness (QED) is 0.700. The summed E-state index contributed by atoms with van der Waals surface area (Å²) in [6.07, 6.45) is 0. The van der Waals surface area contributed by atoms with E-state index < -0.39 is 0 Å². The maximum atomic E-state index is 6.07. The van der Waals surface area contributed by atoms with Crippen molar-refractivity contribution >= 4 is 49.8 Å². The van der Waals surface area contributed by atoms with Gasteiger partial charge in [0, 0.05) is 20.9 Å². The number of aromatic nitrogens is 2. The summed E-state index contributed by atoms with van der Waals surface area (Å²) < 4.78 is 1.02.